The summed E-state index contributed by atoms with van der Waals surface area (Å²) in [5, 5.41) is 3.87. The summed E-state index contributed by atoms with van der Waals surface area (Å²) >= 11 is 1.25. The second kappa shape index (κ2) is 7.10. The first-order valence-electron chi connectivity index (χ1n) is 8.53. The van der Waals surface area contributed by atoms with Crippen LogP contribution in [0, 0.1) is 0 Å². The highest BCUT2D eigenvalue weighted by Crippen LogP contribution is 2.39. The van der Waals surface area contributed by atoms with Gasteiger partial charge in [-0.2, -0.15) is 4.37 Å². The van der Waals surface area contributed by atoms with Gasteiger partial charge in [0.2, 0.25) is 5.13 Å². The van der Waals surface area contributed by atoms with Gasteiger partial charge in [-0.3, -0.25) is 0 Å². The molecule has 0 spiro atoms. The molecule has 1 saturated heterocycles. The van der Waals surface area contributed by atoms with Crippen molar-refractivity contribution in [2.75, 3.05) is 5.32 Å². The Labute approximate surface area is 157 Å². The van der Waals surface area contributed by atoms with Crippen LogP contribution in [0.2, 0.25) is 0 Å². The van der Waals surface area contributed by atoms with E-state index in [9.17, 15) is 4.39 Å². The van der Waals surface area contributed by atoms with Crippen molar-refractivity contribution in [1.29, 1.82) is 0 Å². The number of rotatable bonds is 5. The molecule has 0 bridgehead atoms. The molecule has 0 radical (unpaired) electrons. The summed E-state index contributed by atoms with van der Waals surface area (Å²) in [6, 6.07) is 9.73. The lowest BCUT2D eigenvalue weighted by molar-refractivity contribution is 0.00578. The normalized spacial score (nSPS) is 19.4. The van der Waals surface area contributed by atoms with Crippen LogP contribution in [0.5, 0.6) is 0 Å². The van der Waals surface area contributed by atoms with Crippen LogP contribution < -0.4 is 5.32 Å². The number of para-hydroxylation sites is 1. The SMILES string of the molecule is CC(Cc1nsc(Nc2ccccc2)n1)=C(F)B1OC(C)(C)C(C)(C)O1. The Hall–Kier alpha value is -1.77. The summed E-state index contributed by atoms with van der Waals surface area (Å²) in [6.07, 6.45) is 0.308. The monoisotopic (exact) mass is 375 g/mol. The molecule has 26 heavy (non-hydrogen) atoms. The van der Waals surface area contributed by atoms with Gasteiger partial charge in [-0.15, -0.1) is 0 Å². The number of allylic oxidation sites excluding steroid dienone is 1. The fourth-order valence-electron chi connectivity index (χ4n) is 2.49. The molecule has 1 aromatic carbocycles. The average molecular weight is 375 g/mol. The average Bonchev–Trinajstić information content (AvgIpc) is 3.09. The predicted octanol–water partition coefficient (Wildman–Crippen LogP) is 4.70. The molecule has 3 rings (SSSR count). The molecule has 2 heterocycles. The van der Waals surface area contributed by atoms with Gasteiger partial charge in [-0.05, 0) is 52.3 Å². The van der Waals surface area contributed by atoms with Gasteiger partial charge in [0, 0.05) is 23.6 Å². The number of halogens is 1. The zero-order chi connectivity index (χ0) is 18.9. The van der Waals surface area contributed by atoms with E-state index in [1.165, 1.54) is 11.5 Å². The molecular weight excluding hydrogens is 352 g/mol. The van der Waals surface area contributed by atoms with Crippen molar-refractivity contribution in [3.8, 4) is 0 Å². The van der Waals surface area contributed by atoms with Gasteiger partial charge in [0.05, 0.1) is 11.2 Å². The number of benzene rings is 1. The molecule has 8 heteroatoms. The molecule has 1 fully saturated rings. The maximum absolute atomic E-state index is 14.8. The quantitative estimate of drug-likeness (QED) is 0.768. The predicted molar refractivity (Wildman–Crippen MR) is 103 cm³/mol. The van der Waals surface area contributed by atoms with Crippen LogP contribution in [-0.4, -0.2) is 27.7 Å². The van der Waals surface area contributed by atoms with E-state index in [1.807, 2.05) is 58.0 Å². The van der Waals surface area contributed by atoms with E-state index in [0.717, 1.165) is 5.69 Å². The van der Waals surface area contributed by atoms with Crippen molar-refractivity contribution < 1.29 is 13.7 Å². The highest BCUT2D eigenvalue weighted by molar-refractivity contribution is 7.09. The summed E-state index contributed by atoms with van der Waals surface area (Å²) < 4.78 is 30.6. The Balaban J connectivity index is 1.68. The van der Waals surface area contributed by atoms with Gasteiger partial charge in [0.25, 0.3) is 0 Å². The first-order chi connectivity index (χ1) is 12.2. The second-order valence-corrected chi connectivity index (χ2v) is 8.15. The Morgan fingerprint density at radius 3 is 2.38 bits per heavy atom. The maximum atomic E-state index is 14.8. The highest BCUT2D eigenvalue weighted by Gasteiger charge is 2.53. The largest absolute Gasteiger partial charge is 0.525 e. The lowest BCUT2D eigenvalue weighted by Gasteiger charge is -2.32. The Kier molecular flexibility index (Phi) is 5.19. The van der Waals surface area contributed by atoms with E-state index in [2.05, 4.69) is 14.7 Å². The van der Waals surface area contributed by atoms with Gasteiger partial charge in [0.1, 0.15) is 11.6 Å². The van der Waals surface area contributed by atoms with E-state index in [0.29, 0.717) is 22.9 Å². The van der Waals surface area contributed by atoms with Crippen molar-refractivity contribution >= 4 is 29.5 Å². The molecule has 5 nitrogen and oxygen atoms in total. The van der Waals surface area contributed by atoms with Crippen LogP contribution in [0.15, 0.2) is 41.6 Å². The van der Waals surface area contributed by atoms with E-state index >= 15 is 0 Å². The first-order valence-corrected chi connectivity index (χ1v) is 9.31. The standard InChI is InChI=1S/C18H23BFN3O2S/c1-12(15(20)19-24-17(2,3)18(4,5)25-19)11-14-22-16(26-23-14)21-13-9-7-6-8-10-13/h6-10H,11H2,1-5H3,(H,21,22,23). The molecule has 1 aliphatic rings. The van der Waals surface area contributed by atoms with Gasteiger partial charge < -0.3 is 14.6 Å². The number of hydrogen-bond donors (Lipinski definition) is 1. The summed E-state index contributed by atoms with van der Waals surface area (Å²) in [7, 11) is -0.986. The van der Waals surface area contributed by atoms with Crippen molar-refractivity contribution in [3.63, 3.8) is 0 Å². The van der Waals surface area contributed by atoms with E-state index in [-0.39, 0.29) is 0 Å². The van der Waals surface area contributed by atoms with E-state index < -0.39 is 24.0 Å². The number of nitrogens with zero attached hydrogens (tertiary/aromatic N) is 2. The first kappa shape index (κ1) is 19.0. The summed E-state index contributed by atoms with van der Waals surface area (Å²) in [5.41, 5.74) is -0.101. The van der Waals surface area contributed by atoms with E-state index in [1.54, 1.807) is 6.92 Å². The number of hydrogen-bond acceptors (Lipinski definition) is 6. The number of aromatic nitrogens is 2. The molecule has 1 aliphatic heterocycles. The molecule has 0 saturated carbocycles. The summed E-state index contributed by atoms with van der Waals surface area (Å²) in [6.45, 7) is 9.32. The molecule has 0 atom stereocenters. The molecular formula is C18H23BFN3O2S. The van der Waals surface area contributed by atoms with Gasteiger partial charge in [0.15, 0.2) is 0 Å². The van der Waals surface area contributed by atoms with Gasteiger partial charge in [-0.25, -0.2) is 9.37 Å². The fourth-order valence-corrected chi connectivity index (χ4v) is 3.10. The Morgan fingerprint density at radius 1 is 1.15 bits per heavy atom. The fraction of sp³-hybridized carbons (Fsp3) is 0.444. The third-order valence-electron chi connectivity index (χ3n) is 4.78. The highest BCUT2D eigenvalue weighted by atomic mass is 32.1. The maximum Gasteiger partial charge on any atom is 0.525 e. The molecule has 1 N–H and O–H groups in total. The minimum atomic E-state index is -0.986. The van der Waals surface area contributed by atoms with Crippen LogP contribution in [0.3, 0.4) is 0 Å². The van der Waals surface area contributed by atoms with Crippen molar-refractivity contribution in [2.24, 2.45) is 0 Å². The lowest BCUT2D eigenvalue weighted by Crippen LogP contribution is -2.41. The lowest BCUT2D eigenvalue weighted by atomic mass is 9.84. The number of anilines is 2. The summed E-state index contributed by atoms with van der Waals surface area (Å²) in [4.78, 5) is 4.43. The van der Waals surface area contributed by atoms with Crippen LogP contribution in [-0.2, 0) is 15.7 Å². The molecule has 138 valence electrons. The van der Waals surface area contributed by atoms with Crippen LogP contribution in [0.4, 0.5) is 15.2 Å². The second-order valence-electron chi connectivity index (χ2n) is 7.40. The Morgan fingerprint density at radius 2 is 1.77 bits per heavy atom. The van der Waals surface area contributed by atoms with Crippen LogP contribution in [0.25, 0.3) is 0 Å². The van der Waals surface area contributed by atoms with E-state index in [4.69, 9.17) is 9.31 Å². The number of nitrogens with one attached hydrogen (secondary N) is 1. The van der Waals surface area contributed by atoms with Crippen LogP contribution in [0.1, 0.15) is 40.4 Å². The summed E-state index contributed by atoms with van der Waals surface area (Å²) in [5.74, 6) is 0.567. The zero-order valence-corrected chi connectivity index (χ0v) is 16.5. The van der Waals surface area contributed by atoms with Gasteiger partial charge in [-0.1, -0.05) is 18.2 Å². The van der Waals surface area contributed by atoms with Gasteiger partial charge >= 0.3 is 7.12 Å². The molecule has 0 amide bonds. The minimum Gasteiger partial charge on any atom is -0.398 e. The van der Waals surface area contributed by atoms with Crippen molar-refractivity contribution in [2.45, 2.75) is 52.2 Å². The molecule has 2 aromatic rings. The topological polar surface area (TPSA) is 56.3 Å². The Bertz CT molecular complexity index is 792. The third kappa shape index (κ3) is 3.97. The minimum absolute atomic E-state index is 0.308. The molecule has 1 aromatic heterocycles. The molecule has 0 unspecified atom stereocenters. The zero-order valence-electron chi connectivity index (χ0n) is 15.7. The van der Waals surface area contributed by atoms with Crippen LogP contribution >= 0.6 is 11.5 Å². The van der Waals surface area contributed by atoms with Crippen molar-refractivity contribution in [1.82, 2.24) is 9.36 Å². The smallest absolute Gasteiger partial charge is 0.398 e. The van der Waals surface area contributed by atoms with Crippen molar-refractivity contribution in [3.05, 3.63) is 47.5 Å². The third-order valence-corrected chi connectivity index (χ3v) is 5.45. The molecule has 0 aliphatic carbocycles.